The highest BCUT2D eigenvalue weighted by Gasteiger charge is 2.82. The van der Waals surface area contributed by atoms with Crippen molar-refractivity contribution in [3.8, 4) is 6.07 Å². The van der Waals surface area contributed by atoms with Gasteiger partial charge in [0, 0.05) is 12.3 Å². The van der Waals surface area contributed by atoms with Gasteiger partial charge in [-0.2, -0.15) is 10.4 Å². The largest absolute Gasteiger partial charge is 0.472 e. The number of rotatable bonds is 27. The maximum atomic E-state index is 13.2. The Hall–Kier alpha value is -3.12. The number of benzene rings is 1. The smallest absolute Gasteiger partial charge is 0.386 e. The summed E-state index contributed by atoms with van der Waals surface area (Å²) in [6.45, 7) is 4.27. The fraction of sp³-hybridized carbons (Fsp3) is 0.675. The van der Waals surface area contributed by atoms with E-state index < -0.39 is 43.4 Å². The van der Waals surface area contributed by atoms with E-state index in [4.69, 9.17) is 24.3 Å². The summed E-state index contributed by atoms with van der Waals surface area (Å²) in [5, 5.41) is 39.4. The number of aromatic nitrogens is 3. The van der Waals surface area contributed by atoms with E-state index in [2.05, 4.69) is 28.4 Å². The van der Waals surface area contributed by atoms with E-state index in [-0.39, 0.29) is 19.0 Å². The van der Waals surface area contributed by atoms with Gasteiger partial charge in [0.15, 0.2) is 11.4 Å². The maximum Gasteiger partial charge on any atom is 0.472 e. The molecule has 1 saturated heterocycles. The van der Waals surface area contributed by atoms with Crippen molar-refractivity contribution in [2.24, 2.45) is 0 Å². The van der Waals surface area contributed by atoms with Gasteiger partial charge in [-0.15, -0.1) is 0 Å². The first-order valence-electron chi connectivity index (χ1n) is 20.2. The number of aliphatic hydroxyl groups excluding tert-OH is 1. The fourth-order valence-electron chi connectivity index (χ4n) is 7.62. The summed E-state index contributed by atoms with van der Waals surface area (Å²) in [5.74, 6) is 0.233. The predicted octanol–water partition coefficient (Wildman–Crippen LogP) is 7.16. The number of anilines is 2. The van der Waals surface area contributed by atoms with Crippen LogP contribution in [0.15, 0.2) is 42.7 Å². The van der Waals surface area contributed by atoms with Crippen molar-refractivity contribution in [3.05, 3.63) is 54.0 Å². The summed E-state index contributed by atoms with van der Waals surface area (Å²) in [7, 11) is -4.75. The number of hydrogen-bond donors (Lipinski definition) is 5. The second kappa shape index (κ2) is 20.3. The zero-order chi connectivity index (χ0) is 39.3. The Kier molecular flexibility index (Phi) is 15.9. The van der Waals surface area contributed by atoms with Crippen LogP contribution in [0, 0.1) is 11.3 Å². The van der Waals surface area contributed by atoms with Crippen LogP contribution in [0.5, 0.6) is 0 Å². The highest BCUT2D eigenvalue weighted by Crippen LogP contribution is 2.63. The second-order valence-electron chi connectivity index (χ2n) is 15.3. The molecule has 2 unspecified atom stereocenters. The molecule has 7 atom stereocenters. The lowest BCUT2D eigenvalue weighted by atomic mass is 9.91. The zero-order valence-electron chi connectivity index (χ0n) is 32.5. The normalized spacial score (nSPS) is 24.7. The quantitative estimate of drug-likeness (QED) is 0.0385. The molecule has 1 aliphatic heterocycles. The molecule has 0 spiro atoms. The van der Waals surface area contributed by atoms with E-state index in [0.717, 1.165) is 19.3 Å². The number of phosphoric acid groups is 1. The third-order valence-electron chi connectivity index (χ3n) is 10.9. The number of nitrogen functional groups attached to an aromatic ring is 1. The van der Waals surface area contributed by atoms with Crippen molar-refractivity contribution in [2.75, 3.05) is 30.9 Å². The number of nitrogens with one attached hydrogen (secondary N) is 1. The van der Waals surface area contributed by atoms with Gasteiger partial charge in [0.05, 0.1) is 36.6 Å². The first-order valence-corrected chi connectivity index (χ1v) is 21.7. The number of fused-ring (bicyclic) bond motifs is 2. The van der Waals surface area contributed by atoms with Crippen molar-refractivity contribution in [1.82, 2.24) is 14.6 Å². The van der Waals surface area contributed by atoms with E-state index in [1.165, 1.54) is 94.3 Å². The lowest BCUT2D eigenvalue weighted by Crippen LogP contribution is -2.46. The van der Waals surface area contributed by atoms with Gasteiger partial charge < -0.3 is 35.6 Å². The number of hydrogen-bond acceptors (Lipinski definition) is 12. The van der Waals surface area contributed by atoms with E-state index in [1.54, 1.807) is 43.3 Å². The van der Waals surface area contributed by atoms with Crippen LogP contribution in [0.2, 0.25) is 0 Å². The Bertz CT molecular complexity index is 1740. The highest BCUT2D eigenvalue weighted by molar-refractivity contribution is 7.47. The van der Waals surface area contributed by atoms with Gasteiger partial charge in [-0.1, -0.05) is 109 Å². The summed E-state index contributed by atoms with van der Waals surface area (Å²) >= 11 is 0. The second-order valence-corrected chi connectivity index (χ2v) is 16.7. The minimum atomic E-state index is -4.75. The molecule has 2 fully saturated rings. The minimum Gasteiger partial charge on any atom is -0.386 e. The van der Waals surface area contributed by atoms with Crippen LogP contribution in [0.1, 0.15) is 128 Å². The first-order chi connectivity index (χ1) is 26.5. The van der Waals surface area contributed by atoms with Gasteiger partial charge in [0.25, 0.3) is 0 Å². The van der Waals surface area contributed by atoms with Crippen molar-refractivity contribution in [3.63, 3.8) is 0 Å². The zero-order valence-corrected chi connectivity index (χ0v) is 33.4. The van der Waals surface area contributed by atoms with Crippen molar-refractivity contribution in [2.45, 2.75) is 152 Å². The van der Waals surface area contributed by atoms with E-state index in [9.17, 15) is 24.9 Å². The predicted molar refractivity (Wildman–Crippen MR) is 210 cm³/mol. The Morgan fingerprint density at radius 1 is 1.00 bits per heavy atom. The number of nitriles is 1. The molecular formula is C40H61N6O8P. The third-order valence-corrected chi connectivity index (χ3v) is 11.9. The van der Waals surface area contributed by atoms with Crippen molar-refractivity contribution in [1.29, 1.82) is 5.26 Å². The standard InChI is InChI=1S/C40H61N6O8P/c1-3-4-5-6-7-8-9-10-11-12-13-14-15-16-17-18-24-51-27-32(45-31-21-19-20-30(25-31)26-41)28-52-55(49,50)54-36-35-40(36,48)38(47)39(2,53-35)34-23-22-33-37(42)43-29-44-46(33)34/h19-23,25,29,32,35-36,38,45,47-48H,3-18,24,27-28H2,1-2H3,(H,49,50)(H2,42,43,44)/t32-,35-,36?,38+,39+,40+/m1/s1. The molecule has 6 N–H and O–H groups in total. The molecule has 0 amide bonds. The molecule has 1 aromatic carbocycles. The Balaban J connectivity index is 1.02. The summed E-state index contributed by atoms with van der Waals surface area (Å²) in [6, 6.07) is 11.7. The SMILES string of the molecule is CCCCCCCCCCCCCCCCCCOC[C@H](COP(=O)(O)OC1[C@H]2O[C@@](C)(c3ccc4c(N)ncnn34)[C@H](O)[C@@]12O)Nc1cccc(C#N)c1. The Morgan fingerprint density at radius 3 is 2.24 bits per heavy atom. The number of phosphoric ester groups is 1. The summed E-state index contributed by atoms with van der Waals surface area (Å²) < 4.78 is 37.4. The molecule has 1 aliphatic carbocycles. The lowest BCUT2D eigenvalue weighted by molar-refractivity contribution is -0.126. The first kappa shape index (κ1) is 43.0. The van der Waals surface area contributed by atoms with Crippen LogP contribution in [-0.2, 0) is 28.7 Å². The molecule has 304 valence electrons. The third kappa shape index (κ3) is 11.3. The molecule has 1 saturated carbocycles. The molecule has 2 aromatic heterocycles. The van der Waals surface area contributed by atoms with E-state index in [1.807, 2.05) is 0 Å². The van der Waals surface area contributed by atoms with Crippen molar-refractivity contribution < 1.29 is 38.2 Å². The van der Waals surface area contributed by atoms with Crippen LogP contribution >= 0.6 is 7.82 Å². The molecule has 3 heterocycles. The number of ether oxygens (including phenoxy) is 2. The molecule has 14 nitrogen and oxygen atoms in total. The molecule has 55 heavy (non-hydrogen) atoms. The Morgan fingerprint density at radius 2 is 1.64 bits per heavy atom. The van der Waals surface area contributed by atoms with Crippen LogP contribution < -0.4 is 11.1 Å². The molecule has 5 rings (SSSR count). The van der Waals surface area contributed by atoms with Crippen LogP contribution in [0.4, 0.5) is 11.5 Å². The average molecular weight is 785 g/mol. The van der Waals surface area contributed by atoms with Gasteiger partial charge in [0.1, 0.15) is 35.8 Å². The van der Waals surface area contributed by atoms with Gasteiger partial charge in [-0.05, 0) is 43.7 Å². The molecule has 2 aliphatic rings. The summed E-state index contributed by atoms with van der Waals surface area (Å²) in [5.41, 5.74) is 4.56. The average Bonchev–Trinajstić information content (AvgIpc) is 3.41. The summed E-state index contributed by atoms with van der Waals surface area (Å²) in [4.78, 5) is 14.7. The topological polar surface area (TPSA) is 207 Å². The fourth-order valence-corrected chi connectivity index (χ4v) is 8.61. The van der Waals surface area contributed by atoms with Gasteiger partial charge in [0.2, 0.25) is 0 Å². The number of unbranched alkanes of at least 4 members (excludes halogenated alkanes) is 15. The molecule has 0 bridgehead atoms. The molecule has 0 radical (unpaired) electrons. The van der Waals surface area contributed by atoms with Gasteiger partial charge in [-0.3, -0.25) is 9.05 Å². The molecular weight excluding hydrogens is 723 g/mol. The van der Waals surface area contributed by atoms with Gasteiger partial charge >= 0.3 is 7.82 Å². The van der Waals surface area contributed by atoms with Crippen LogP contribution in [0.25, 0.3) is 5.52 Å². The van der Waals surface area contributed by atoms with Crippen molar-refractivity contribution >= 4 is 24.8 Å². The minimum absolute atomic E-state index is 0.172. The maximum absolute atomic E-state index is 13.2. The van der Waals surface area contributed by atoms with Crippen LogP contribution in [-0.4, -0.2) is 79.5 Å². The molecule has 15 heteroatoms. The number of nitrogens with zero attached hydrogens (tertiary/aromatic N) is 4. The summed E-state index contributed by atoms with van der Waals surface area (Å²) in [6.07, 6.45) is 17.9. The molecule has 3 aromatic rings. The lowest BCUT2D eigenvalue weighted by Gasteiger charge is -2.32. The van der Waals surface area contributed by atoms with Crippen LogP contribution in [0.3, 0.4) is 0 Å². The van der Waals surface area contributed by atoms with E-state index in [0.29, 0.717) is 29.1 Å². The number of aliphatic hydroxyl groups is 2. The van der Waals surface area contributed by atoms with Gasteiger partial charge in [-0.25, -0.2) is 14.1 Å². The monoisotopic (exact) mass is 784 g/mol. The highest BCUT2D eigenvalue weighted by atomic mass is 31.2. The Labute approximate surface area is 325 Å². The van der Waals surface area contributed by atoms with E-state index >= 15 is 0 Å². The number of nitrogens with two attached hydrogens (primary N) is 1.